The summed E-state index contributed by atoms with van der Waals surface area (Å²) in [6.07, 6.45) is 4.14. The molecule has 0 spiro atoms. The van der Waals surface area contributed by atoms with Crippen LogP contribution in [-0.2, 0) is 6.42 Å². The van der Waals surface area contributed by atoms with Gasteiger partial charge >= 0.3 is 0 Å². The highest BCUT2D eigenvalue weighted by molar-refractivity contribution is 6.10. The average molecular weight is 421 g/mol. The minimum absolute atomic E-state index is 0.00233. The number of nitrogens with zero attached hydrogens (tertiary/aromatic N) is 2. The molecule has 1 aliphatic carbocycles. The highest BCUT2D eigenvalue weighted by atomic mass is 19.1. The fourth-order valence-electron chi connectivity index (χ4n) is 4.08. The van der Waals surface area contributed by atoms with Gasteiger partial charge in [0.2, 0.25) is 5.71 Å². The third-order valence-corrected chi connectivity index (χ3v) is 6.05. The molecule has 7 nitrogen and oxygen atoms in total. The predicted molar refractivity (Wildman–Crippen MR) is 117 cm³/mol. The molecule has 3 heterocycles. The standard InChI is InChI=1S/C23H24FN5O2/c1-12-15(16-10-14(24)4-5-17(16)28-12)6-9-25-21(30)18-13(2)31-22-19(18)20(26-11-27-22)29-23(3)7-8-23/h4-5,10-11,28H,6-9H2,1-3H3,(H,25,30)(H,26,27,29). The SMILES string of the molecule is Cc1[nH]c2ccc(F)cc2c1CCNC(=O)c1c(C)oc2ncnc(NC3(C)CC3)c12. The number of carbonyl (C=O) groups is 1. The molecular formula is C23H24FN5O2. The minimum Gasteiger partial charge on any atom is -0.442 e. The predicted octanol–water partition coefficient (Wildman–Crippen LogP) is 4.40. The van der Waals surface area contributed by atoms with E-state index in [1.807, 2.05) is 6.92 Å². The summed E-state index contributed by atoms with van der Waals surface area (Å²) in [6.45, 7) is 6.24. The van der Waals surface area contributed by atoms with E-state index in [0.29, 0.717) is 41.2 Å². The zero-order valence-corrected chi connectivity index (χ0v) is 17.7. The molecule has 160 valence electrons. The number of benzene rings is 1. The topological polar surface area (TPSA) is 95.8 Å². The van der Waals surface area contributed by atoms with Crippen molar-refractivity contribution < 1.29 is 13.6 Å². The summed E-state index contributed by atoms with van der Waals surface area (Å²) in [7, 11) is 0. The number of hydrogen-bond acceptors (Lipinski definition) is 5. The summed E-state index contributed by atoms with van der Waals surface area (Å²) < 4.78 is 19.4. The highest BCUT2D eigenvalue weighted by Gasteiger charge is 2.38. The van der Waals surface area contributed by atoms with Crippen molar-refractivity contribution in [1.29, 1.82) is 0 Å². The Bertz CT molecular complexity index is 1320. The van der Waals surface area contributed by atoms with Gasteiger partial charge in [-0.25, -0.2) is 14.4 Å². The first-order valence-electron chi connectivity index (χ1n) is 10.4. The Morgan fingerprint density at radius 1 is 1.29 bits per heavy atom. The molecule has 3 aromatic heterocycles. The molecule has 5 rings (SSSR count). The number of hydrogen-bond donors (Lipinski definition) is 3. The number of aromatic nitrogens is 3. The maximum absolute atomic E-state index is 13.7. The number of furan rings is 1. The lowest BCUT2D eigenvalue weighted by molar-refractivity contribution is 0.0954. The van der Waals surface area contributed by atoms with Gasteiger partial charge in [0.15, 0.2) is 0 Å². The van der Waals surface area contributed by atoms with Crippen molar-refractivity contribution in [1.82, 2.24) is 20.3 Å². The number of halogens is 1. The molecule has 1 amide bonds. The number of anilines is 1. The van der Waals surface area contributed by atoms with Crippen LogP contribution in [-0.4, -0.2) is 32.9 Å². The molecule has 1 aromatic carbocycles. The van der Waals surface area contributed by atoms with Crippen molar-refractivity contribution in [3.63, 3.8) is 0 Å². The molecule has 8 heteroatoms. The second-order valence-electron chi connectivity index (χ2n) is 8.55. The van der Waals surface area contributed by atoms with E-state index in [0.717, 1.165) is 35.0 Å². The van der Waals surface area contributed by atoms with Crippen molar-refractivity contribution in [3.8, 4) is 0 Å². The summed E-state index contributed by atoms with van der Waals surface area (Å²) >= 11 is 0. The molecule has 31 heavy (non-hydrogen) atoms. The largest absolute Gasteiger partial charge is 0.442 e. The molecule has 0 atom stereocenters. The number of aryl methyl sites for hydroxylation is 2. The molecule has 1 saturated carbocycles. The van der Waals surface area contributed by atoms with Crippen molar-refractivity contribution in [3.05, 3.63) is 52.9 Å². The summed E-state index contributed by atoms with van der Waals surface area (Å²) in [6, 6.07) is 4.69. The molecular weight excluding hydrogens is 397 g/mol. The van der Waals surface area contributed by atoms with Crippen LogP contribution in [0.4, 0.5) is 10.2 Å². The fraction of sp³-hybridized carbons (Fsp3) is 0.348. The van der Waals surface area contributed by atoms with E-state index in [-0.39, 0.29) is 17.3 Å². The summed E-state index contributed by atoms with van der Waals surface area (Å²) in [4.78, 5) is 24.9. The van der Waals surface area contributed by atoms with Crippen LogP contribution >= 0.6 is 0 Å². The van der Waals surface area contributed by atoms with Crippen LogP contribution in [0, 0.1) is 19.7 Å². The maximum atomic E-state index is 13.7. The summed E-state index contributed by atoms with van der Waals surface area (Å²) in [5.41, 5.74) is 3.70. The van der Waals surface area contributed by atoms with Gasteiger partial charge < -0.3 is 20.0 Å². The fourth-order valence-corrected chi connectivity index (χ4v) is 4.08. The number of nitrogens with one attached hydrogen (secondary N) is 3. The molecule has 3 N–H and O–H groups in total. The van der Waals surface area contributed by atoms with Crippen LogP contribution in [0.2, 0.25) is 0 Å². The van der Waals surface area contributed by atoms with E-state index < -0.39 is 0 Å². The third kappa shape index (κ3) is 3.52. The van der Waals surface area contributed by atoms with Crippen LogP contribution in [0.15, 0.2) is 28.9 Å². The van der Waals surface area contributed by atoms with Crippen molar-refractivity contribution in [2.24, 2.45) is 0 Å². The van der Waals surface area contributed by atoms with Gasteiger partial charge in [-0.2, -0.15) is 0 Å². The number of aromatic amines is 1. The second kappa shape index (κ2) is 7.08. The third-order valence-electron chi connectivity index (χ3n) is 6.05. The Balaban J connectivity index is 1.38. The maximum Gasteiger partial charge on any atom is 0.255 e. The van der Waals surface area contributed by atoms with Gasteiger partial charge in [0.1, 0.15) is 23.7 Å². The number of H-pyrrole nitrogens is 1. The van der Waals surface area contributed by atoms with Crippen LogP contribution < -0.4 is 10.6 Å². The zero-order valence-electron chi connectivity index (χ0n) is 17.7. The number of fused-ring (bicyclic) bond motifs is 2. The molecule has 1 aliphatic rings. The van der Waals surface area contributed by atoms with Crippen molar-refractivity contribution >= 4 is 33.7 Å². The van der Waals surface area contributed by atoms with Crippen LogP contribution in [0.5, 0.6) is 0 Å². The van der Waals surface area contributed by atoms with E-state index in [4.69, 9.17) is 4.42 Å². The average Bonchev–Trinajstić information content (AvgIpc) is 3.21. The molecule has 1 fully saturated rings. The van der Waals surface area contributed by atoms with Crippen LogP contribution in [0.25, 0.3) is 22.0 Å². The van der Waals surface area contributed by atoms with Crippen molar-refractivity contribution in [2.75, 3.05) is 11.9 Å². The first-order valence-corrected chi connectivity index (χ1v) is 10.4. The molecule has 0 saturated heterocycles. The minimum atomic E-state index is -0.276. The monoisotopic (exact) mass is 421 g/mol. The number of carbonyl (C=O) groups excluding carboxylic acids is 1. The zero-order chi connectivity index (χ0) is 21.8. The van der Waals surface area contributed by atoms with Crippen molar-refractivity contribution in [2.45, 2.75) is 45.6 Å². The summed E-state index contributed by atoms with van der Waals surface area (Å²) in [5.74, 6) is 0.609. The normalized spacial score (nSPS) is 14.8. The second-order valence-corrected chi connectivity index (χ2v) is 8.55. The van der Waals surface area contributed by atoms with Gasteiger partial charge in [-0.1, -0.05) is 0 Å². The van der Waals surface area contributed by atoms with E-state index in [9.17, 15) is 9.18 Å². The van der Waals surface area contributed by atoms with Gasteiger partial charge in [0, 0.05) is 28.7 Å². The van der Waals surface area contributed by atoms with Crippen LogP contribution in [0.1, 0.15) is 47.1 Å². The first kappa shape index (κ1) is 19.5. The van der Waals surface area contributed by atoms with Gasteiger partial charge in [0.05, 0.1) is 10.9 Å². The Morgan fingerprint density at radius 3 is 2.87 bits per heavy atom. The Kier molecular flexibility index (Phi) is 4.46. The van der Waals surface area contributed by atoms with E-state index >= 15 is 0 Å². The molecule has 0 unspecified atom stereocenters. The Hall–Kier alpha value is -3.42. The molecule has 0 bridgehead atoms. The quantitative estimate of drug-likeness (QED) is 0.429. The number of rotatable bonds is 6. The van der Waals surface area contributed by atoms with Crippen LogP contribution in [0.3, 0.4) is 0 Å². The lowest BCUT2D eigenvalue weighted by Gasteiger charge is -2.13. The van der Waals surface area contributed by atoms with E-state index in [1.54, 1.807) is 13.0 Å². The Morgan fingerprint density at radius 2 is 2.10 bits per heavy atom. The molecule has 0 aliphatic heterocycles. The van der Waals surface area contributed by atoms with Gasteiger partial charge in [0.25, 0.3) is 5.91 Å². The van der Waals surface area contributed by atoms with E-state index in [2.05, 4.69) is 32.5 Å². The lowest BCUT2D eigenvalue weighted by atomic mass is 10.1. The Labute approximate surface area is 178 Å². The summed E-state index contributed by atoms with van der Waals surface area (Å²) in [5, 5.41) is 7.85. The lowest BCUT2D eigenvalue weighted by Crippen LogP contribution is -2.26. The first-order chi connectivity index (χ1) is 14.8. The highest BCUT2D eigenvalue weighted by Crippen LogP contribution is 2.40. The smallest absolute Gasteiger partial charge is 0.255 e. The van der Waals surface area contributed by atoms with Gasteiger partial charge in [-0.15, -0.1) is 0 Å². The van der Waals surface area contributed by atoms with E-state index in [1.165, 1.54) is 18.5 Å². The number of amides is 1. The van der Waals surface area contributed by atoms with Gasteiger partial charge in [-0.3, -0.25) is 4.79 Å². The molecule has 0 radical (unpaired) electrons. The van der Waals surface area contributed by atoms with Gasteiger partial charge in [-0.05, 0) is 63.8 Å². The molecule has 4 aromatic rings.